The molecule has 1 aliphatic rings. The fourth-order valence-corrected chi connectivity index (χ4v) is 2.26. The molecule has 0 saturated heterocycles. The van der Waals surface area contributed by atoms with Crippen LogP contribution in [0.4, 0.5) is 0 Å². The van der Waals surface area contributed by atoms with Crippen LogP contribution in [-0.4, -0.2) is 5.97 Å². The molecule has 2 rings (SSSR count). The Bertz CT molecular complexity index is 411. The van der Waals surface area contributed by atoms with Gasteiger partial charge in [0, 0.05) is 5.57 Å². The van der Waals surface area contributed by atoms with E-state index in [1.807, 2.05) is 12.1 Å². The molecule has 0 bridgehead atoms. The van der Waals surface area contributed by atoms with Gasteiger partial charge >= 0.3 is 5.97 Å². The predicted octanol–water partition coefficient (Wildman–Crippen LogP) is 3.83. The van der Waals surface area contributed by atoms with E-state index < -0.39 is 0 Å². The van der Waals surface area contributed by atoms with Crippen LogP contribution in [0.1, 0.15) is 44.1 Å². The minimum Gasteiger partial charge on any atom is -0.423 e. The first-order valence-electron chi connectivity index (χ1n) is 6.14. The molecule has 0 radical (unpaired) electrons. The molecule has 0 N–H and O–H groups in total. The van der Waals surface area contributed by atoms with Gasteiger partial charge in [-0.3, -0.25) is 0 Å². The second kappa shape index (κ2) is 5.17. The molecule has 0 heterocycles. The fraction of sp³-hybridized carbons (Fsp3) is 0.400. The van der Waals surface area contributed by atoms with Crippen molar-refractivity contribution in [2.24, 2.45) is 0 Å². The number of ether oxygens (including phenoxy) is 1. The number of carbonyl (C=O) groups is 1. The van der Waals surface area contributed by atoms with Crippen molar-refractivity contribution in [3.63, 3.8) is 0 Å². The summed E-state index contributed by atoms with van der Waals surface area (Å²) >= 11 is 0. The molecule has 0 aromatic heterocycles. The maximum absolute atomic E-state index is 11.3. The first kappa shape index (κ1) is 11.9. The number of hydrogen-bond acceptors (Lipinski definition) is 2. The summed E-state index contributed by atoms with van der Waals surface area (Å²) in [6.45, 7) is 5.21. The molecule has 90 valence electrons. The Balaban J connectivity index is 2.02. The summed E-state index contributed by atoms with van der Waals surface area (Å²) in [6, 6.07) is 7.87. The average molecular weight is 230 g/mol. The van der Waals surface area contributed by atoms with E-state index in [0.29, 0.717) is 17.2 Å². The van der Waals surface area contributed by atoms with Crippen LogP contribution in [0.3, 0.4) is 0 Å². The summed E-state index contributed by atoms with van der Waals surface area (Å²) < 4.78 is 5.15. The zero-order valence-electron chi connectivity index (χ0n) is 10.2. The topological polar surface area (TPSA) is 26.3 Å². The molecule has 1 aromatic rings. The van der Waals surface area contributed by atoms with E-state index in [9.17, 15) is 4.79 Å². The van der Waals surface area contributed by atoms with Crippen LogP contribution in [0.2, 0.25) is 0 Å². The van der Waals surface area contributed by atoms with Crippen LogP contribution >= 0.6 is 0 Å². The fourth-order valence-electron chi connectivity index (χ4n) is 2.26. The average Bonchev–Trinajstić information content (AvgIpc) is 2.83. The SMILES string of the molecule is C=C(C)C(=O)Oc1ccc(C2CCCC2)cc1. The second-order valence-electron chi connectivity index (χ2n) is 4.72. The van der Waals surface area contributed by atoms with E-state index in [0.717, 1.165) is 0 Å². The first-order valence-corrected chi connectivity index (χ1v) is 6.14. The van der Waals surface area contributed by atoms with Crippen molar-refractivity contribution < 1.29 is 9.53 Å². The standard InChI is InChI=1S/C15H18O2/c1-11(2)15(16)17-14-9-7-13(8-10-14)12-5-3-4-6-12/h7-10,12H,1,3-6H2,2H3. The lowest BCUT2D eigenvalue weighted by Crippen LogP contribution is -2.08. The Hall–Kier alpha value is -1.57. The van der Waals surface area contributed by atoms with E-state index in [2.05, 4.69) is 18.7 Å². The van der Waals surface area contributed by atoms with E-state index in [-0.39, 0.29) is 5.97 Å². The minimum atomic E-state index is -0.362. The molecule has 1 aromatic carbocycles. The van der Waals surface area contributed by atoms with Gasteiger partial charge in [0.05, 0.1) is 0 Å². The largest absolute Gasteiger partial charge is 0.423 e. The number of esters is 1. The van der Waals surface area contributed by atoms with E-state index in [1.54, 1.807) is 6.92 Å². The third kappa shape index (κ3) is 2.96. The van der Waals surface area contributed by atoms with Crippen LogP contribution in [0.5, 0.6) is 5.75 Å². The van der Waals surface area contributed by atoms with Crippen molar-refractivity contribution in [2.75, 3.05) is 0 Å². The molecule has 0 unspecified atom stereocenters. The van der Waals surface area contributed by atoms with Gasteiger partial charge in [-0.05, 0) is 43.4 Å². The second-order valence-corrected chi connectivity index (χ2v) is 4.72. The number of rotatable bonds is 3. The van der Waals surface area contributed by atoms with Gasteiger partial charge in [0.25, 0.3) is 0 Å². The summed E-state index contributed by atoms with van der Waals surface area (Å²) in [6.07, 6.45) is 5.23. The highest BCUT2D eigenvalue weighted by Gasteiger charge is 2.16. The van der Waals surface area contributed by atoms with Gasteiger partial charge in [0.15, 0.2) is 0 Å². The molecule has 1 saturated carbocycles. The van der Waals surface area contributed by atoms with Crippen LogP contribution in [0, 0.1) is 0 Å². The summed E-state index contributed by atoms with van der Waals surface area (Å²) in [5.41, 5.74) is 1.78. The molecule has 0 aliphatic heterocycles. The summed E-state index contributed by atoms with van der Waals surface area (Å²) in [5.74, 6) is 0.930. The van der Waals surface area contributed by atoms with E-state index in [4.69, 9.17) is 4.74 Å². The monoisotopic (exact) mass is 230 g/mol. The van der Waals surface area contributed by atoms with E-state index >= 15 is 0 Å². The highest BCUT2D eigenvalue weighted by molar-refractivity contribution is 5.88. The van der Waals surface area contributed by atoms with Crippen molar-refractivity contribution in [3.05, 3.63) is 42.0 Å². The van der Waals surface area contributed by atoms with Gasteiger partial charge in [0.2, 0.25) is 0 Å². The number of carbonyl (C=O) groups excluding carboxylic acids is 1. The van der Waals surface area contributed by atoms with Crippen LogP contribution in [0.25, 0.3) is 0 Å². The maximum Gasteiger partial charge on any atom is 0.338 e. The Morgan fingerprint density at radius 1 is 1.24 bits per heavy atom. The molecule has 0 spiro atoms. The van der Waals surface area contributed by atoms with Crippen molar-refractivity contribution in [2.45, 2.75) is 38.5 Å². The molecule has 2 nitrogen and oxygen atoms in total. The molecule has 1 aliphatic carbocycles. The van der Waals surface area contributed by atoms with Gasteiger partial charge in [-0.2, -0.15) is 0 Å². The Morgan fingerprint density at radius 2 is 1.82 bits per heavy atom. The van der Waals surface area contributed by atoms with Gasteiger partial charge in [-0.15, -0.1) is 0 Å². The molecule has 17 heavy (non-hydrogen) atoms. The van der Waals surface area contributed by atoms with Crippen molar-refractivity contribution in [1.82, 2.24) is 0 Å². The third-order valence-electron chi connectivity index (χ3n) is 3.27. The summed E-state index contributed by atoms with van der Waals surface area (Å²) in [7, 11) is 0. The van der Waals surface area contributed by atoms with Gasteiger partial charge in [-0.25, -0.2) is 4.79 Å². The molecule has 1 fully saturated rings. The van der Waals surface area contributed by atoms with Gasteiger partial charge in [-0.1, -0.05) is 31.6 Å². The number of benzene rings is 1. The normalized spacial score (nSPS) is 15.8. The lowest BCUT2D eigenvalue weighted by atomic mass is 9.98. The first-order chi connectivity index (χ1) is 8.16. The van der Waals surface area contributed by atoms with Crippen molar-refractivity contribution in [1.29, 1.82) is 0 Å². The zero-order valence-corrected chi connectivity index (χ0v) is 10.2. The minimum absolute atomic E-state index is 0.362. The van der Waals surface area contributed by atoms with Crippen molar-refractivity contribution >= 4 is 5.97 Å². The summed E-state index contributed by atoms with van der Waals surface area (Å²) in [4.78, 5) is 11.3. The van der Waals surface area contributed by atoms with Crippen LogP contribution in [-0.2, 0) is 4.79 Å². The third-order valence-corrected chi connectivity index (χ3v) is 3.27. The predicted molar refractivity (Wildman–Crippen MR) is 68.1 cm³/mol. The lowest BCUT2D eigenvalue weighted by Gasteiger charge is -2.10. The number of hydrogen-bond donors (Lipinski definition) is 0. The Kier molecular flexibility index (Phi) is 3.62. The van der Waals surface area contributed by atoms with E-state index in [1.165, 1.54) is 31.2 Å². The quantitative estimate of drug-likeness (QED) is 0.448. The highest BCUT2D eigenvalue weighted by atomic mass is 16.5. The van der Waals surface area contributed by atoms with Crippen LogP contribution < -0.4 is 4.74 Å². The highest BCUT2D eigenvalue weighted by Crippen LogP contribution is 2.34. The Labute approximate surface area is 102 Å². The van der Waals surface area contributed by atoms with Gasteiger partial charge in [0.1, 0.15) is 5.75 Å². The maximum atomic E-state index is 11.3. The summed E-state index contributed by atoms with van der Waals surface area (Å²) in [5, 5.41) is 0. The molecule has 0 atom stereocenters. The van der Waals surface area contributed by atoms with Crippen LogP contribution in [0.15, 0.2) is 36.4 Å². The molecule has 0 amide bonds. The molecule has 2 heteroatoms. The smallest absolute Gasteiger partial charge is 0.338 e. The Morgan fingerprint density at radius 3 is 2.35 bits per heavy atom. The van der Waals surface area contributed by atoms with Crippen molar-refractivity contribution in [3.8, 4) is 5.75 Å². The molecular weight excluding hydrogens is 212 g/mol. The zero-order chi connectivity index (χ0) is 12.3. The lowest BCUT2D eigenvalue weighted by molar-refractivity contribution is -0.130. The molecular formula is C15H18O2. The van der Waals surface area contributed by atoms with Gasteiger partial charge < -0.3 is 4.74 Å².